The van der Waals surface area contributed by atoms with Gasteiger partial charge in [0.25, 0.3) is 0 Å². The average molecular weight is 325 g/mol. The molecular weight excluding hydrogens is 309 g/mol. The molecule has 24 heavy (non-hydrogen) atoms. The first-order chi connectivity index (χ1) is 11.8. The van der Waals surface area contributed by atoms with E-state index in [-0.39, 0.29) is 5.82 Å². The molecule has 1 unspecified atom stereocenters. The number of ether oxygens (including phenoxy) is 1. The molecule has 0 saturated carbocycles. The SMILES string of the molecule is Fc1ccc2ncnc(N3CCC(COc4cnccn4)C3)c2c1. The van der Waals surface area contributed by atoms with Crippen LogP contribution in [0.25, 0.3) is 10.9 Å². The van der Waals surface area contributed by atoms with Crippen LogP contribution in [0.2, 0.25) is 0 Å². The van der Waals surface area contributed by atoms with Crippen LogP contribution in [0, 0.1) is 11.7 Å². The lowest BCUT2D eigenvalue weighted by molar-refractivity contribution is 0.251. The number of nitrogens with zero attached hydrogens (tertiary/aromatic N) is 5. The van der Waals surface area contributed by atoms with E-state index >= 15 is 0 Å². The van der Waals surface area contributed by atoms with E-state index in [0.29, 0.717) is 18.4 Å². The Hall–Kier alpha value is -2.83. The zero-order valence-corrected chi connectivity index (χ0v) is 13.0. The summed E-state index contributed by atoms with van der Waals surface area (Å²) in [6.07, 6.45) is 7.34. The molecule has 2 aromatic heterocycles. The highest BCUT2D eigenvalue weighted by molar-refractivity contribution is 5.89. The maximum atomic E-state index is 13.6. The van der Waals surface area contributed by atoms with E-state index in [4.69, 9.17) is 4.74 Å². The molecule has 0 N–H and O–H groups in total. The summed E-state index contributed by atoms with van der Waals surface area (Å²) in [5.41, 5.74) is 0.751. The third kappa shape index (κ3) is 2.97. The Bertz CT molecular complexity index is 845. The molecule has 7 heteroatoms. The van der Waals surface area contributed by atoms with Crippen LogP contribution in [0.5, 0.6) is 5.88 Å². The van der Waals surface area contributed by atoms with Crippen molar-refractivity contribution in [2.45, 2.75) is 6.42 Å². The van der Waals surface area contributed by atoms with Crippen molar-refractivity contribution in [3.8, 4) is 5.88 Å². The number of fused-ring (bicyclic) bond motifs is 1. The maximum absolute atomic E-state index is 13.6. The Morgan fingerprint density at radius 1 is 1.21 bits per heavy atom. The lowest BCUT2D eigenvalue weighted by atomic mass is 10.1. The van der Waals surface area contributed by atoms with Crippen molar-refractivity contribution in [3.63, 3.8) is 0 Å². The molecule has 0 bridgehead atoms. The van der Waals surface area contributed by atoms with Gasteiger partial charge in [0, 0.05) is 36.8 Å². The second-order valence-electron chi connectivity index (χ2n) is 5.81. The van der Waals surface area contributed by atoms with E-state index in [1.807, 2.05) is 0 Å². The fourth-order valence-corrected chi connectivity index (χ4v) is 2.99. The minimum atomic E-state index is -0.278. The van der Waals surface area contributed by atoms with Crippen molar-refractivity contribution >= 4 is 16.7 Å². The highest BCUT2D eigenvalue weighted by atomic mass is 19.1. The van der Waals surface area contributed by atoms with Gasteiger partial charge in [-0.05, 0) is 24.6 Å². The first-order valence-electron chi connectivity index (χ1n) is 7.83. The highest BCUT2D eigenvalue weighted by Gasteiger charge is 2.25. The van der Waals surface area contributed by atoms with Crippen LogP contribution in [0.3, 0.4) is 0 Å². The fraction of sp³-hybridized carbons (Fsp3) is 0.294. The molecular formula is C17H16FN5O. The quantitative estimate of drug-likeness (QED) is 0.734. The van der Waals surface area contributed by atoms with Gasteiger partial charge in [-0.25, -0.2) is 19.3 Å². The predicted octanol–water partition coefficient (Wildman–Crippen LogP) is 2.46. The van der Waals surface area contributed by atoms with E-state index in [1.165, 1.54) is 18.5 Å². The number of halogens is 1. The molecule has 4 rings (SSSR count). The smallest absolute Gasteiger partial charge is 0.232 e. The van der Waals surface area contributed by atoms with E-state index in [1.54, 1.807) is 24.7 Å². The number of benzene rings is 1. The van der Waals surface area contributed by atoms with Crippen LogP contribution in [-0.2, 0) is 0 Å². The third-order valence-corrected chi connectivity index (χ3v) is 4.17. The summed E-state index contributed by atoms with van der Waals surface area (Å²) in [4.78, 5) is 18.8. The second-order valence-corrected chi connectivity index (χ2v) is 5.81. The number of aromatic nitrogens is 4. The minimum absolute atomic E-state index is 0.278. The van der Waals surface area contributed by atoms with Crippen LogP contribution in [0.15, 0.2) is 43.1 Å². The number of anilines is 1. The van der Waals surface area contributed by atoms with Crippen LogP contribution in [-0.4, -0.2) is 39.6 Å². The number of hydrogen-bond acceptors (Lipinski definition) is 6. The first-order valence-corrected chi connectivity index (χ1v) is 7.83. The van der Waals surface area contributed by atoms with E-state index in [9.17, 15) is 4.39 Å². The number of hydrogen-bond donors (Lipinski definition) is 0. The topological polar surface area (TPSA) is 64.0 Å². The zero-order chi connectivity index (χ0) is 16.4. The van der Waals surface area contributed by atoms with Crippen molar-refractivity contribution in [1.82, 2.24) is 19.9 Å². The molecule has 1 saturated heterocycles. The normalized spacial score (nSPS) is 17.4. The Kier molecular flexibility index (Phi) is 3.90. The zero-order valence-electron chi connectivity index (χ0n) is 13.0. The van der Waals surface area contributed by atoms with Crippen molar-refractivity contribution in [2.24, 2.45) is 5.92 Å². The molecule has 3 aromatic rings. The highest BCUT2D eigenvalue weighted by Crippen LogP contribution is 2.28. The molecule has 1 aromatic carbocycles. The Labute approximate surface area is 138 Å². The van der Waals surface area contributed by atoms with Gasteiger partial charge < -0.3 is 9.64 Å². The fourth-order valence-electron chi connectivity index (χ4n) is 2.99. The van der Waals surface area contributed by atoms with E-state index in [2.05, 4.69) is 24.8 Å². The molecule has 6 nitrogen and oxygen atoms in total. The van der Waals surface area contributed by atoms with Gasteiger partial charge in [0.1, 0.15) is 18.0 Å². The van der Waals surface area contributed by atoms with Gasteiger partial charge in [-0.3, -0.25) is 4.98 Å². The largest absolute Gasteiger partial charge is 0.476 e. The van der Waals surface area contributed by atoms with Crippen LogP contribution < -0.4 is 9.64 Å². The van der Waals surface area contributed by atoms with Gasteiger partial charge in [0.15, 0.2) is 0 Å². The maximum Gasteiger partial charge on any atom is 0.232 e. The standard InChI is InChI=1S/C17H16FN5O/c18-13-1-2-15-14(7-13)17(22-11-21-15)23-6-3-12(9-23)10-24-16-8-19-4-5-20-16/h1-2,4-5,7-8,11-12H,3,6,9-10H2. The van der Waals surface area contributed by atoms with Crippen LogP contribution in [0.1, 0.15) is 6.42 Å². The molecule has 3 heterocycles. The predicted molar refractivity (Wildman–Crippen MR) is 87.3 cm³/mol. The number of rotatable bonds is 4. The molecule has 0 amide bonds. The first kappa shape index (κ1) is 14.7. The van der Waals surface area contributed by atoms with Gasteiger partial charge in [-0.1, -0.05) is 0 Å². The molecule has 122 valence electrons. The van der Waals surface area contributed by atoms with Gasteiger partial charge in [-0.2, -0.15) is 0 Å². The Morgan fingerprint density at radius 3 is 3.04 bits per heavy atom. The third-order valence-electron chi connectivity index (χ3n) is 4.17. The summed E-state index contributed by atoms with van der Waals surface area (Å²) in [5, 5.41) is 0.744. The van der Waals surface area contributed by atoms with Crippen molar-refractivity contribution in [3.05, 3.63) is 48.9 Å². The minimum Gasteiger partial charge on any atom is -0.476 e. The van der Waals surface area contributed by atoms with Gasteiger partial charge in [0.2, 0.25) is 5.88 Å². The summed E-state index contributed by atoms with van der Waals surface area (Å²) in [5.74, 6) is 1.40. The monoisotopic (exact) mass is 325 g/mol. The Balaban J connectivity index is 1.48. The lowest BCUT2D eigenvalue weighted by Gasteiger charge is -2.19. The molecule has 1 aliphatic rings. The van der Waals surface area contributed by atoms with Crippen LogP contribution >= 0.6 is 0 Å². The molecule has 0 spiro atoms. The van der Waals surface area contributed by atoms with Gasteiger partial charge >= 0.3 is 0 Å². The molecule has 0 aliphatic carbocycles. The summed E-state index contributed by atoms with van der Waals surface area (Å²) >= 11 is 0. The second kappa shape index (κ2) is 6.35. The lowest BCUT2D eigenvalue weighted by Crippen LogP contribution is -2.23. The molecule has 1 fully saturated rings. The molecule has 0 radical (unpaired) electrons. The summed E-state index contributed by atoms with van der Waals surface area (Å²) in [6.45, 7) is 2.24. The van der Waals surface area contributed by atoms with Crippen molar-refractivity contribution in [2.75, 3.05) is 24.6 Å². The van der Waals surface area contributed by atoms with Gasteiger partial charge in [-0.15, -0.1) is 0 Å². The van der Waals surface area contributed by atoms with E-state index in [0.717, 1.165) is 36.2 Å². The average Bonchev–Trinajstić information content (AvgIpc) is 3.09. The van der Waals surface area contributed by atoms with E-state index < -0.39 is 0 Å². The molecule has 1 aliphatic heterocycles. The van der Waals surface area contributed by atoms with Crippen LogP contribution in [0.4, 0.5) is 10.2 Å². The molecule has 1 atom stereocenters. The van der Waals surface area contributed by atoms with Gasteiger partial charge in [0.05, 0.1) is 18.3 Å². The van der Waals surface area contributed by atoms with Crippen molar-refractivity contribution < 1.29 is 9.13 Å². The summed E-state index contributed by atoms with van der Waals surface area (Å²) in [6, 6.07) is 4.59. The summed E-state index contributed by atoms with van der Waals surface area (Å²) in [7, 11) is 0. The van der Waals surface area contributed by atoms with Crippen molar-refractivity contribution in [1.29, 1.82) is 0 Å². The summed E-state index contributed by atoms with van der Waals surface area (Å²) < 4.78 is 19.3. The Morgan fingerprint density at radius 2 is 2.17 bits per heavy atom.